The van der Waals surface area contributed by atoms with Gasteiger partial charge in [-0.3, -0.25) is 0 Å². The number of fused-ring (bicyclic) bond motifs is 1. The van der Waals surface area contributed by atoms with Crippen molar-refractivity contribution in [1.82, 2.24) is 24.6 Å². The third kappa shape index (κ3) is 2.78. The molecule has 0 atom stereocenters. The van der Waals surface area contributed by atoms with Crippen molar-refractivity contribution >= 4 is 17.6 Å². The molecule has 0 aliphatic carbocycles. The highest BCUT2D eigenvalue weighted by atomic mass is 16.5. The second kappa shape index (κ2) is 6.62. The van der Waals surface area contributed by atoms with E-state index in [1.54, 1.807) is 13.0 Å². The summed E-state index contributed by atoms with van der Waals surface area (Å²) in [4.78, 5) is 32.8. The van der Waals surface area contributed by atoms with E-state index in [0.717, 1.165) is 4.40 Å². The van der Waals surface area contributed by atoms with Crippen LogP contribution in [-0.2, 0) is 4.74 Å². The summed E-state index contributed by atoms with van der Waals surface area (Å²) in [7, 11) is 1.19. The van der Waals surface area contributed by atoms with Crippen molar-refractivity contribution in [2.75, 3.05) is 12.8 Å². The zero-order valence-corrected chi connectivity index (χ0v) is 14.7. The molecule has 3 aromatic heterocycles. The van der Waals surface area contributed by atoms with Gasteiger partial charge in [0.05, 0.1) is 25.2 Å². The number of nitrogens with two attached hydrogens (primary N) is 1. The molecule has 140 valence electrons. The summed E-state index contributed by atoms with van der Waals surface area (Å²) < 4.78 is 46.3. The number of aromatic amines is 1. The Bertz CT molecular complexity index is 1500. The van der Waals surface area contributed by atoms with Crippen LogP contribution in [0.1, 0.15) is 23.0 Å². The largest absolute Gasteiger partial charge is 0.464 e. The molecule has 0 fully saturated rings. The minimum atomic E-state index is -0.719. The molecular weight excluding hydrogens is 360 g/mol. The normalized spacial score (nSPS) is 13.4. The number of nitrogens with zero attached hydrogens (tertiary/aromatic N) is 4. The molecule has 1 aromatic carbocycles. The summed E-state index contributed by atoms with van der Waals surface area (Å²) in [6.07, 6.45) is 0. The molecule has 3 N–H and O–H groups in total. The van der Waals surface area contributed by atoms with E-state index >= 15 is 0 Å². The zero-order valence-electron chi connectivity index (χ0n) is 19.7. The van der Waals surface area contributed by atoms with Crippen molar-refractivity contribution in [3.63, 3.8) is 0 Å². The van der Waals surface area contributed by atoms with Gasteiger partial charge in [-0.1, -0.05) is 30.2 Å². The van der Waals surface area contributed by atoms with Gasteiger partial charge in [-0.05, 0) is 24.6 Å². The summed E-state index contributed by atoms with van der Waals surface area (Å²) in [6, 6.07) is 0.177. The molecule has 28 heavy (non-hydrogen) atoms. The number of aromatic nitrogens is 5. The fourth-order valence-corrected chi connectivity index (χ4v) is 2.84. The fraction of sp³-hybridized carbons (Fsp3) is 0.105. The lowest BCUT2D eigenvalue weighted by Crippen LogP contribution is -2.15. The molecule has 3 heterocycles. The first kappa shape index (κ1) is 12.4. The number of pyridine rings is 1. The van der Waals surface area contributed by atoms with Gasteiger partial charge in [0.15, 0.2) is 5.65 Å². The molecular formula is C19H16N6O3. The first-order valence-corrected chi connectivity index (χ1v) is 7.98. The highest BCUT2D eigenvalue weighted by Gasteiger charge is 2.21. The van der Waals surface area contributed by atoms with Crippen molar-refractivity contribution in [1.29, 1.82) is 0 Å². The number of methoxy groups -OCH3 is 1. The molecule has 0 aliphatic rings. The standard InChI is InChI=1S/C19H16N6O3/c1-10-8-12(9-13(21-10)17(26)28-2)14-15(11-6-4-3-5-7-11)22-18(20)25-16(14)23-24-19(25)27/h3-9H,1-2H3,(H2,20,22)(H,24,27)/i3D,4D,5D,6D,7D. The van der Waals surface area contributed by atoms with Crippen LogP contribution in [0.3, 0.4) is 0 Å². The highest BCUT2D eigenvalue weighted by Crippen LogP contribution is 2.34. The van der Waals surface area contributed by atoms with Gasteiger partial charge in [0, 0.05) is 11.3 Å². The molecule has 0 unspecified atom stereocenters. The van der Waals surface area contributed by atoms with Crippen LogP contribution in [0, 0.1) is 6.92 Å². The van der Waals surface area contributed by atoms with Crippen molar-refractivity contribution in [2.24, 2.45) is 0 Å². The fourth-order valence-electron chi connectivity index (χ4n) is 2.84. The number of rotatable bonds is 3. The smallest absolute Gasteiger partial charge is 0.356 e. The lowest BCUT2D eigenvalue weighted by Gasteiger charge is -2.13. The Labute approximate surface area is 165 Å². The summed E-state index contributed by atoms with van der Waals surface area (Å²) in [5.41, 5.74) is 5.67. The number of carbonyl (C=O) groups is 1. The number of carbonyl (C=O) groups excluding carboxylic acids is 1. The molecule has 0 saturated heterocycles. The average Bonchev–Trinajstić information content (AvgIpc) is 3.17. The molecule has 0 spiro atoms. The molecule has 4 aromatic rings. The van der Waals surface area contributed by atoms with Crippen LogP contribution >= 0.6 is 0 Å². The van der Waals surface area contributed by atoms with Crippen LogP contribution in [0.5, 0.6) is 0 Å². The lowest BCUT2D eigenvalue weighted by atomic mass is 9.99. The first-order valence-electron chi connectivity index (χ1n) is 10.5. The summed E-state index contributed by atoms with van der Waals surface area (Å²) in [6.45, 7) is 1.62. The second-order valence-corrected chi connectivity index (χ2v) is 5.76. The minimum absolute atomic E-state index is 0.0178. The number of esters is 1. The third-order valence-corrected chi connectivity index (χ3v) is 3.96. The van der Waals surface area contributed by atoms with Gasteiger partial charge in [-0.25, -0.2) is 29.1 Å². The van der Waals surface area contributed by atoms with E-state index < -0.39 is 41.9 Å². The number of ether oxygens (including phenoxy) is 1. The van der Waals surface area contributed by atoms with Crippen LogP contribution < -0.4 is 11.4 Å². The van der Waals surface area contributed by atoms with E-state index in [4.69, 9.17) is 17.3 Å². The number of nitrogens with one attached hydrogen (secondary N) is 1. The Balaban J connectivity index is 2.21. The van der Waals surface area contributed by atoms with Gasteiger partial charge in [0.1, 0.15) is 5.69 Å². The molecule has 9 nitrogen and oxygen atoms in total. The van der Waals surface area contributed by atoms with Crippen LogP contribution in [0.4, 0.5) is 5.95 Å². The van der Waals surface area contributed by atoms with Crippen LogP contribution in [0.15, 0.2) is 47.1 Å². The highest BCUT2D eigenvalue weighted by molar-refractivity contribution is 5.94. The van der Waals surface area contributed by atoms with E-state index in [9.17, 15) is 9.59 Å². The van der Waals surface area contributed by atoms with Crippen molar-refractivity contribution in [3.8, 4) is 22.4 Å². The molecule has 0 saturated carbocycles. The number of hydrogen-bond donors (Lipinski definition) is 2. The van der Waals surface area contributed by atoms with E-state index in [1.807, 2.05) is 0 Å². The Hall–Kier alpha value is -4.01. The van der Waals surface area contributed by atoms with Crippen LogP contribution in [-0.4, -0.2) is 37.6 Å². The zero-order chi connectivity index (χ0) is 24.2. The van der Waals surface area contributed by atoms with Crippen LogP contribution in [0.25, 0.3) is 28.0 Å². The van der Waals surface area contributed by atoms with E-state index in [1.165, 1.54) is 13.2 Å². The number of benzene rings is 1. The molecule has 0 bridgehead atoms. The number of anilines is 1. The lowest BCUT2D eigenvalue weighted by molar-refractivity contribution is 0.0594. The Morgan fingerprint density at radius 2 is 1.96 bits per heavy atom. The second-order valence-electron chi connectivity index (χ2n) is 5.76. The third-order valence-electron chi connectivity index (χ3n) is 3.96. The predicted molar refractivity (Wildman–Crippen MR) is 103 cm³/mol. The van der Waals surface area contributed by atoms with Crippen molar-refractivity contribution in [2.45, 2.75) is 6.92 Å². The van der Waals surface area contributed by atoms with Crippen LogP contribution in [0.2, 0.25) is 0 Å². The van der Waals surface area contributed by atoms with E-state index in [2.05, 4.69) is 20.2 Å². The summed E-state index contributed by atoms with van der Waals surface area (Å²) >= 11 is 0. The molecule has 9 heteroatoms. The first-order chi connectivity index (χ1) is 15.6. The van der Waals surface area contributed by atoms with E-state index in [-0.39, 0.29) is 34.1 Å². The average molecular weight is 381 g/mol. The number of aryl methyl sites for hydroxylation is 1. The van der Waals surface area contributed by atoms with Gasteiger partial charge in [-0.15, -0.1) is 0 Å². The van der Waals surface area contributed by atoms with Gasteiger partial charge in [0.2, 0.25) is 5.95 Å². The van der Waals surface area contributed by atoms with E-state index in [0.29, 0.717) is 11.3 Å². The quantitative estimate of drug-likeness (QED) is 0.518. The monoisotopic (exact) mass is 381 g/mol. The Morgan fingerprint density at radius 1 is 1.21 bits per heavy atom. The maximum absolute atomic E-state index is 12.3. The minimum Gasteiger partial charge on any atom is -0.464 e. The SMILES string of the molecule is [2H]c1c([2H])c([2H])c(-c2nc(N)n3c(=O)[nH]nc3c2-c2cc(C)nc(C(=O)OC)c2)c([2H])c1[2H]. The number of nitrogen functional groups attached to an aromatic ring is 1. The maximum atomic E-state index is 12.3. The summed E-state index contributed by atoms with van der Waals surface area (Å²) in [5, 5.41) is 6.27. The number of hydrogen-bond acceptors (Lipinski definition) is 7. The van der Waals surface area contributed by atoms with Crippen molar-refractivity contribution in [3.05, 3.63) is 64.2 Å². The topological polar surface area (TPSA) is 128 Å². The number of H-pyrrole nitrogens is 1. The van der Waals surface area contributed by atoms with Crippen molar-refractivity contribution < 1.29 is 16.4 Å². The Kier molecular flexibility index (Phi) is 2.93. The molecule has 0 aliphatic heterocycles. The van der Waals surface area contributed by atoms with Gasteiger partial charge in [0.25, 0.3) is 0 Å². The molecule has 0 amide bonds. The van der Waals surface area contributed by atoms with Gasteiger partial charge in [-0.2, -0.15) is 5.10 Å². The Morgan fingerprint density at radius 3 is 2.68 bits per heavy atom. The maximum Gasteiger partial charge on any atom is 0.356 e. The predicted octanol–water partition coefficient (Wildman–Crippen LogP) is 1.82. The molecule has 4 rings (SSSR count). The van der Waals surface area contributed by atoms with Gasteiger partial charge >= 0.3 is 11.7 Å². The molecule has 0 radical (unpaired) electrons. The van der Waals surface area contributed by atoms with Gasteiger partial charge < -0.3 is 10.5 Å². The summed E-state index contributed by atoms with van der Waals surface area (Å²) in [5.74, 6) is -1.03.